The molecule has 0 bridgehead atoms. The second-order valence-corrected chi connectivity index (χ2v) is 2.17. The summed E-state index contributed by atoms with van der Waals surface area (Å²) in [7, 11) is 0. The first kappa shape index (κ1) is 9.87. The number of hydrogen-bond acceptors (Lipinski definition) is 2. The molecule has 0 aromatic heterocycles. The van der Waals surface area contributed by atoms with Crippen molar-refractivity contribution in [2.75, 3.05) is 0 Å². The number of nitro benzene ring substituents is 1. The van der Waals surface area contributed by atoms with Crippen molar-refractivity contribution < 1.29 is 10.4 Å². The third-order valence-corrected chi connectivity index (χ3v) is 1.29. The minimum atomic E-state index is -0.462. The Balaban J connectivity index is 0.000001000. The van der Waals surface area contributed by atoms with Crippen LogP contribution in [0.4, 0.5) is 5.69 Å². The molecule has 0 atom stereocenters. The number of nitro groups is 1. The normalized spacial score (nSPS) is 8.45. The molecule has 0 aliphatic carbocycles. The zero-order valence-corrected chi connectivity index (χ0v) is 6.21. The highest BCUT2D eigenvalue weighted by Gasteiger charge is 2.01. The van der Waals surface area contributed by atoms with Gasteiger partial charge >= 0.3 is 0 Å². The molecule has 1 aromatic carbocycles. The van der Waals surface area contributed by atoms with Crippen LogP contribution < -0.4 is 0 Å². The number of non-ortho nitro benzene ring substituents is 1. The van der Waals surface area contributed by atoms with Crippen molar-refractivity contribution in [2.24, 2.45) is 0 Å². The van der Waals surface area contributed by atoms with Gasteiger partial charge in [-0.05, 0) is 12.1 Å². The Kier molecular flexibility index (Phi) is 3.50. The fourth-order valence-electron chi connectivity index (χ4n) is 0.563. The van der Waals surface area contributed by atoms with E-state index in [0.717, 1.165) is 0 Å². The van der Waals surface area contributed by atoms with Crippen molar-refractivity contribution in [3.05, 3.63) is 39.4 Å². The van der Waals surface area contributed by atoms with Gasteiger partial charge in [-0.1, -0.05) is 11.6 Å². The molecule has 0 spiro atoms. The summed E-state index contributed by atoms with van der Waals surface area (Å²) in [5, 5.41) is 10.6. The van der Waals surface area contributed by atoms with Crippen LogP contribution >= 0.6 is 11.6 Å². The quantitative estimate of drug-likeness (QED) is 0.478. The maximum atomic E-state index is 10.1. The van der Waals surface area contributed by atoms with Crippen LogP contribution in [0.15, 0.2) is 24.3 Å². The van der Waals surface area contributed by atoms with Gasteiger partial charge < -0.3 is 5.48 Å². The van der Waals surface area contributed by atoms with Crippen molar-refractivity contribution >= 4 is 17.3 Å². The molecule has 0 aliphatic rings. The first-order valence-electron chi connectivity index (χ1n) is 2.60. The highest BCUT2D eigenvalue weighted by molar-refractivity contribution is 6.30. The van der Waals surface area contributed by atoms with E-state index in [0.29, 0.717) is 5.02 Å². The van der Waals surface area contributed by atoms with Crippen molar-refractivity contribution in [1.82, 2.24) is 0 Å². The molecular weight excluding hydrogens is 170 g/mol. The van der Waals surface area contributed by atoms with E-state index in [9.17, 15) is 10.1 Å². The van der Waals surface area contributed by atoms with Gasteiger partial charge in [-0.3, -0.25) is 10.1 Å². The second-order valence-electron chi connectivity index (χ2n) is 1.73. The molecule has 0 radical (unpaired) electrons. The van der Waals surface area contributed by atoms with Gasteiger partial charge in [0.05, 0.1) is 4.92 Å². The monoisotopic (exact) mass is 175 g/mol. The predicted octanol–water partition coefficient (Wildman–Crippen LogP) is 1.42. The summed E-state index contributed by atoms with van der Waals surface area (Å²) in [6.45, 7) is 0. The van der Waals surface area contributed by atoms with Gasteiger partial charge in [0.2, 0.25) is 0 Å². The lowest BCUT2D eigenvalue weighted by molar-refractivity contribution is -0.384. The maximum absolute atomic E-state index is 10.1. The summed E-state index contributed by atoms with van der Waals surface area (Å²) >= 11 is 5.49. The van der Waals surface area contributed by atoms with Gasteiger partial charge in [0.1, 0.15) is 0 Å². The SMILES string of the molecule is O.O=[N+]([O-])c1ccc(Cl)cc1. The Bertz CT molecular complexity index is 247. The summed E-state index contributed by atoms with van der Waals surface area (Å²) in [4.78, 5) is 9.61. The van der Waals surface area contributed by atoms with Gasteiger partial charge in [-0.15, -0.1) is 0 Å². The van der Waals surface area contributed by atoms with Gasteiger partial charge in [0.25, 0.3) is 5.69 Å². The van der Waals surface area contributed by atoms with Crippen molar-refractivity contribution in [3.63, 3.8) is 0 Å². The molecule has 2 N–H and O–H groups in total. The Morgan fingerprint density at radius 1 is 1.27 bits per heavy atom. The van der Waals surface area contributed by atoms with Crippen LogP contribution in [-0.2, 0) is 0 Å². The average Bonchev–Trinajstić information content (AvgIpc) is 1.88. The number of benzene rings is 1. The number of halogens is 1. The topological polar surface area (TPSA) is 74.6 Å². The van der Waals surface area contributed by atoms with Crippen molar-refractivity contribution in [1.29, 1.82) is 0 Å². The third-order valence-electron chi connectivity index (χ3n) is 1.04. The minimum absolute atomic E-state index is 0. The van der Waals surface area contributed by atoms with E-state index in [-0.39, 0.29) is 11.2 Å². The van der Waals surface area contributed by atoms with E-state index < -0.39 is 4.92 Å². The van der Waals surface area contributed by atoms with Gasteiger partial charge in [-0.2, -0.15) is 0 Å². The number of rotatable bonds is 1. The van der Waals surface area contributed by atoms with E-state index in [1.54, 1.807) is 0 Å². The predicted molar refractivity (Wildman–Crippen MR) is 41.7 cm³/mol. The highest BCUT2D eigenvalue weighted by Crippen LogP contribution is 2.14. The molecule has 0 amide bonds. The number of hydrogen-bond donors (Lipinski definition) is 0. The van der Waals surface area contributed by atoms with E-state index in [1.165, 1.54) is 24.3 Å². The highest BCUT2D eigenvalue weighted by atomic mass is 35.5. The van der Waals surface area contributed by atoms with Crippen LogP contribution in [0.2, 0.25) is 5.02 Å². The molecular formula is C6H6ClNO3. The Morgan fingerprint density at radius 2 is 1.73 bits per heavy atom. The van der Waals surface area contributed by atoms with E-state index in [2.05, 4.69) is 0 Å². The van der Waals surface area contributed by atoms with Crippen LogP contribution in [0.5, 0.6) is 0 Å². The Labute approximate surface area is 67.9 Å². The molecule has 4 nitrogen and oxygen atoms in total. The summed E-state index contributed by atoms with van der Waals surface area (Å²) in [5.41, 5.74) is 0.0596. The Hall–Kier alpha value is -1.13. The molecule has 0 fully saturated rings. The molecule has 0 saturated heterocycles. The third kappa shape index (κ3) is 2.53. The molecule has 0 aliphatic heterocycles. The molecule has 0 unspecified atom stereocenters. The average molecular weight is 176 g/mol. The van der Waals surface area contributed by atoms with Gasteiger partial charge in [0.15, 0.2) is 0 Å². The Morgan fingerprint density at radius 3 is 2.09 bits per heavy atom. The summed E-state index contributed by atoms with van der Waals surface area (Å²) in [6, 6.07) is 5.70. The zero-order valence-electron chi connectivity index (χ0n) is 5.45. The maximum Gasteiger partial charge on any atom is 0.269 e. The fourth-order valence-corrected chi connectivity index (χ4v) is 0.689. The second kappa shape index (κ2) is 3.90. The van der Waals surface area contributed by atoms with Crippen molar-refractivity contribution in [2.45, 2.75) is 0 Å². The lowest BCUT2D eigenvalue weighted by Crippen LogP contribution is -1.85. The summed E-state index contributed by atoms with van der Waals surface area (Å²) < 4.78 is 0. The molecule has 5 heteroatoms. The fraction of sp³-hybridized carbons (Fsp3) is 0. The van der Waals surface area contributed by atoms with E-state index in [1.807, 2.05) is 0 Å². The van der Waals surface area contributed by atoms with Crippen LogP contribution in [0.25, 0.3) is 0 Å². The molecule has 11 heavy (non-hydrogen) atoms. The van der Waals surface area contributed by atoms with Crippen LogP contribution in [0.1, 0.15) is 0 Å². The van der Waals surface area contributed by atoms with E-state index >= 15 is 0 Å². The van der Waals surface area contributed by atoms with Crippen LogP contribution in [0.3, 0.4) is 0 Å². The molecule has 1 rings (SSSR count). The molecule has 0 heterocycles. The first-order chi connectivity index (χ1) is 4.70. The first-order valence-corrected chi connectivity index (χ1v) is 2.98. The van der Waals surface area contributed by atoms with Crippen LogP contribution in [-0.4, -0.2) is 10.4 Å². The van der Waals surface area contributed by atoms with Gasteiger partial charge in [0, 0.05) is 17.2 Å². The standard InChI is InChI=1S/C6H4ClNO2.H2O/c7-5-1-3-6(4-2-5)8(9)10;/h1-4H;1H2. The van der Waals surface area contributed by atoms with E-state index in [4.69, 9.17) is 11.6 Å². The summed E-state index contributed by atoms with van der Waals surface area (Å²) in [5.74, 6) is 0. The molecule has 1 aromatic rings. The minimum Gasteiger partial charge on any atom is -0.412 e. The lowest BCUT2D eigenvalue weighted by atomic mass is 10.3. The largest absolute Gasteiger partial charge is 0.412 e. The molecule has 60 valence electrons. The zero-order chi connectivity index (χ0) is 7.56. The number of nitrogens with zero attached hydrogens (tertiary/aromatic N) is 1. The lowest BCUT2D eigenvalue weighted by Gasteiger charge is -1.88. The van der Waals surface area contributed by atoms with Crippen LogP contribution in [0, 0.1) is 10.1 Å². The molecule has 0 saturated carbocycles. The van der Waals surface area contributed by atoms with Crippen molar-refractivity contribution in [3.8, 4) is 0 Å². The smallest absolute Gasteiger partial charge is 0.269 e. The summed E-state index contributed by atoms with van der Waals surface area (Å²) in [6.07, 6.45) is 0. The van der Waals surface area contributed by atoms with Gasteiger partial charge in [-0.25, -0.2) is 0 Å².